The van der Waals surface area contributed by atoms with E-state index in [4.69, 9.17) is 22.1 Å². The number of rotatable bonds is 10. The molecule has 198 valence electrons. The van der Waals surface area contributed by atoms with Crippen LogP contribution in [0, 0.1) is 11.6 Å². The van der Waals surface area contributed by atoms with E-state index in [0.717, 1.165) is 31.5 Å². The first-order valence-electron chi connectivity index (χ1n) is 11.5. The summed E-state index contributed by atoms with van der Waals surface area (Å²) in [5.74, 6) is -1.84. The molecule has 4 N–H and O–H groups in total. The van der Waals surface area contributed by atoms with Gasteiger partial charge in [-0.2, -0.15) is 0 Å². The minimum Gasteiger partial charge on any atom is -0.470 e. The second-order valence-corrected chi connectivity index (χ2v) is 10.8. The molecule has 2 aromatic carbocycles. The zero-order valence-electron chi connectivity index (χ0n) is 19.7. The summed E-state index contributed by atoms with van der Waals surface area (Å²) in [5.41, 5.74) is 6.82. The van der Waals surface area contributed by atoms with Crippen LogP contribution in [0.5, 0.6) is 5.88 Å². The summed E-state index contributed by atoms with van der Waals surface area (Å²) in [5, 5.41) is 9.03. The van der Waals surface area contributed by atoms with Gasteiger partial charge in [-0.05, 0) is 43.7 Å². The molecule has 0 amide bonds. The summed E-state index contributed by atoms with van der Waals surface area (Å²) in [6, 6.07) is 8.37. The van der Waals surface area contributed by atoms with Crippen molar-refractivity contribution in [3.8, 4) is 17.1 Å². The summed E-state index contributed by atoms with van der Waals surface area (Å²) in [6.45, 7) is 0.654. The lowest BCUT2D eigenvalue weighted by atomic mass is 10.1. The summed E-state index contributed by atoms with van der Waals surface area (Å²) < 4.78 is 61.1. The highest BCUT2D eigenvalue weighted by molar-refractivity contribution is 7.92. The van der Waals surface area contributed by atoms with Crippen LogP contribution in [0.3, 0.4) is 0 Å². The zero-order chi connectivity index (χ0) is 26.6. The Kier molecular flexibility index (Phi) is 8.42. The first kappa shape index (κ1) is 27.0. The van der Waals surface area contributed by atoms with Crippen molar-refractivity contribution >= 4 is 33.1 Å². The number of hydrogen-bond acceptors (Lipinski definition) is 8. The molecule has 0 saturated carbocycles. The fourth-order valence-electron chi connectivity index (χ4n) is 4.07. The number of anilines is 2. The van der Waals surface area contributed by atoms with Gasteiger partial charge in [0.2, 0.25) is 10.0 Å². The maximum absolute atomic E-state index is 14.1. The normalized spacial score (nSPS) is 16.2. The molecule has 1 unspecified atom stereocenters. The number of nitrogens with one attached hydrogen (secondary N) is 1. The topological polar surface area (TPSA) is 131 Å². The van der Waals surface area contributed by atoms with Gasteiger partial charge in [0.15, 0.2) is 5.82 Å². The van der Waals surface area contributed by atoms with Crippen LogP contribution in [0.2, 0.25) is 5.02 Å². The van der Waals surface area contributed by atoms with Crippen molar-refractivity contribution in [1.29, 1.82) is 0 Å². The van der Waals surface area contributed by atoms with Crippen molar-refractivity contribution in [1.82, 2.24) is 14.9 Å². The minimum absolute atomic E-state index is 0.00698. The molecule has 2 heterocycles. The first-order valence-corrected chi connectivity index (χ1v) is 13.5. The minimum atomic E-state index is -3.65. The lowest BCUT2D eigenvalue weighted by molar-refractivity contribution is 0.165. The van der Waals surface area contributed by atoms with Gasteiger partial charge in [-0.1, -0.05) is 23.7 Å². The van der Waals surface area contributed by atoms with E-state index >= 15 is 0 Å². The lowest BCUT2D eigenvalue weighted by Gasteiger charge is -2.22. The van der Waals surface area contributed by atoms with Crippen molar-refractivity contribution < 1.29 is 27.0 Å². The SMILES string of the molecule is Nc1ncc(-c2cccc(NS(=O)(=O)CCN3CCCC3CO)c2)nc1OCc1c(F)ccc(F)c1Cl. The molecule has 1 aliphatic rings. The maximum atomic E-state index is 14.1. The highest BCUT2D eigenvalue weighted by atomic mass is 35.5. The molecule has 1 aromatic heterocycles. The van der Waals surface area contributed by atoms with Gasteiger partial charge in [0, 0.05) is 29.4 Å². The Hall–Kier alpha value is -3.06. The second kappa shape index (κ2) is 11.5. The summed E-state index contributed by atoms with van der Waals surface area (Å²) in [6.07, 6.45) is 3.16. The van der Waals surface area contributed by atoms with Crippen molar-refractivity contribution in [3.63, 3.8) is 0 Å². The van der Waals surface area contributed by atoms with E-state index in [-0.39, 0.29) is 35.7 Å². The molecule has 13 heteroatoms. The van der Waals surface area contributed by atoms with E-state index in [2.05, 4.69) is 14.7 Å². The fourth-order valence-corrected chi connectivity index (χ4v) is 5.35. The molecule has 0 radical (unpaired) electrons. The third-order valence-electron chi connectivity index (χ3n) is 6.05. The van der Waals surface area contributed by atoms with E-state index in [1.807, 2.05) is 4.90 Å². The van der Waals surface area contributed by atoms with Gasteiger partial charge in [0.1, 0.15) is 18.2 Å². The van der Waals surface area contributed by atoms with E-state index in [1.54, 1.807) is 24.3 Å². The Morgan fingerprint density at radius 1 is 1.24 bits per heavy atom. The Morgan fingerprint density at radius 3 is 2.81 bits per heavy atom. The molecular formula is C24H26ClF2N5O4S. The Bertz CT molecular complexity index is 1380. The predicted octanol–water partition coefficient (Wildman–Crippen LogP) is 3.43. The van der Waals surface area contributed by atoms with Crippen molar-refractivity contribution in [2.45, 2.75) is 25.5 Å². The van der Waals surface area contributed by atoms with Gasteiger partial charge >= 0.3 is 0 Å². The number of nitrogens with zero attached hydrogens (tertiary/aromatic N) is 3. The average molecular weight is 554 g/mol. The average Bonchev–Trinajstić information content (AvgIpc) is 3.34. The summed E-state index contributed by atoms with van der Waals surface area (Å²) in [7, 11) is -3.65. The Morgan fingerprint density at radius 2 is 2.03 bits per heavy atom. The Labute approximate surface area is 218 Å². The van der Waals surface area contributed by atoms with Gasteiger partial charge in [-0.15, -0.1) is 0 Å². The highest BCUT2D eigenvalue weighted by Crippen LogP contribution is 2.28. The molecule has 1 atom stereocenters. The van der Waals surface area contributed by atoms with E-state index in [0.29, 0.717) is 23.5 Å². The third-order valence-corrected chi connectivity index (χ3v) is 7.72. The molecule has 0 bridgehead atoms. The van der Waals surface area contributed by atoms with Crippen LogP contribution in [-0.4, -0.2) is 59.9 Å². The van der Waals surface area contributed by atoms with E-state index in [1.165, 1.54) is 6.20 Å². The molecule has 1 aliphatic heterocycles. The van der Waals surface area contributed by atoms with Crippen molar-refractivity contribution in [3.05, 3.63) is 64.8 Å². The molecule has 9 nitrogen and oxygen atoms in total. The summed E-state index contributed by atoms with van der Waals surface area (Å²) >= 11 is 5.84. The Balaban J connectivity index is 1.46. The number of aliphatic hydroxyl groups excluding tert-OH is 1. The quantitative estimate of drug-likeness (QED) is 0.325. The molecule has 0 spiro atoms. The van der Waals surface area contributed by atoms with Crippen molar-refractivity contribution in [2.24, 2.45) is 0 Å². The number of nitrogens with two attached hydrogens (primary N) is 1. The number of sulfonamides is 1. The van der Waals surface area contributed by atoms with Crippen LogP contribution in [0.15, 0.2) is 42.6 Å². The number of ether oxygens (including phenoxy) is 1. The van der Waals surface area contributed by atoms with Crippen LogP contribution in [0.4, 0.5) is 20.3 Å². The number of benzene rings is 2. The maximum Gasteiger partial charge on any atom is 0.258 e. The lowest BCUT2D eigenvalue weighted by Crippen LogP contribution is -2.36. The standard InChI is InChI=1S/C24H26ClF2N5O4S/c25-22-18(19(26)6-7-20(22)27)14-36-24-23(28)29-12-21(30-24)15-3-1-4-16(11-15)31-37(34,35)10-9-32-8-2-5-17(32)13-33/h1,3-4,6-7,11-12,17,31,33H,2,5,8-10,13-14H2,(H2,28,29). The molecule has 4 rings (SSSR count). The fraction of sp³-hybridized carbons (Fsp3) is 0.333. The smallest absolute Gasteiger partial charge is 0.258 e. The van der Waals surface area contributed by atoms with Gasteiger partial charge in [0.05, 0.1) is 29.3 Å². The molecule has 1 fully saturated rings. The molecule has 37 heavy (non-hydrogen) atoms. The van der Waals surface area contributed by atoms with Crippen LogP contribution < -0.4 is 15.2 Å². The molecule has 3 aromatic rings. The van der Waals surface area contributed by atoms with Gasteiger partial charge < -0.3 is 15.6 Å². The third kappa shape index (κ3) is 6.63. The van der Waals surface area contributed by atoms with Crippen LogP contribution in [0.25, 0.3) is 11.3 Å². The van der Waals surface area contributed by atoms with Gasteiger partial charge in [-0.25, -0.2) is 27.2 Å². The number of aromatic nitrogens is 2. The number of aliphatic hydroxyl groups is 1. The predicted molar refractivity (Wildman–Crippen MR) is 137 cm³/mol. The van der Waals surface area contributed by atoms with Crippen molar-refractivity contribution in [2.75, 3.05) is 35.9 Å². The van der Waals surface area contributed by atoms with E-state index in [9.17, 15) is 22.3 Å². The van der Waals surface area contributed by atoms with Crippen LogP contribution in [0.1, 0.15) is 18.4 Å². The van der Waals surface area contributed by atoms with E-state index < -0.39 is 33.3 Å². The number of hydrogen-bond donors (Lipinski definition) is 3. The van der Waals surface area contributed by atoms with Crippen LogP contribution >= 0.6 is 11.6 Å². The number of nitrogen functional groups attached to an aromatic ring is 1. The number of halogens is 3. The zero-order valence-corrected chi connectivity index (χ0v) is 21.3. The van der Waals surface area contributed by atoms with Gasteiger partial charge in [-0.3, -0.25) is 9.62 Å². The largest absolute Gasteiger partial charge is 0.470 e. The van der Waals surface area contributed by atoms with Gasteiger partial charge in [0.25, 0.3) is 5.88 Å². The molecular weight excluding hydrogens is 528 g/mol. The number of likely N-dealkylation sites (tertiary alicyclic amines) is 1. The monoisotopic (exact) mass is 553 g/mol. The molecule has 0 aliphatic carbocycles. The van der Waals surface area contributed by atoms with Crippen LogP contribution in [-0.2, 0) is 16.6 Å². The first-order chi connectivity index (χ1) is 17.7. The molecule has 1 saturated heterocycles. The second-order valence-electron chi connectivity index (χ2n) is 8.57. The highest BCUT2D eigenvalue weighted by Gasteiger charge is 2.25. The summed E-state index contributed by atoms with van der Waals surface area (Å²) in [4.78, 5) is 10.3.